The predicted molar refractivity (Wildman–Crippen MR) is 126 cm³/mol. The molecule has 1 fully saturated rings. The van der Waals surface area contributed by atoms with Crippen molar-refractivity contribution < 1.29 is 9.59 Å². The van der Waals surface area contributed by atoms with Gasteiger partial charge in [-0.05, 0) is 40.2 Å². The Morgan fingerprint density at radius 3 is 2.37 bits per heavy atom. The molecule has 2 aromatic rings. The number of anilines is 1. The minimum atomic E-state index is 0.0894. The van der Waals surface area contributed by atoms with Crippen molar-refractivity contribution in [3.05, 3.63) is 10.9 Å². The van der Waals surface area contributed by atoms with E-state index in [-0.39, 0.29) is 11.8 Å². The zero-order valence-electron chi connectivity index (χ0n) is 18.5. The summed E-state index contributed by atoms with van der Waals surface area (Å²) in [5.74, 6) is 0.264. The second-order valence-electron chi connectivity index (χ2n) is 7.44. The lowest BCUT2D eigenvalue weighted by atomic mass is 10.3. The summed E-state index contributed by atoms with van der Waals surface area (Å²) in [5, 5.41) is 1.03. The van der Waals surface area contributed by atoms with Gasteiger partial charge in [0, 0.05) is 52.4 Å². The molecule has 0 aromatic carbocycles. The molecule has 0 spiro atoms. The zero-order chi connectivity index (χ0) is 21.7. The van der Waals surface area contributed by atoms with Gasteiger partial charge in [0.05, 0.1) is 16.1 Å². The number of fused-ring (bicyclic) bond motifs is 1. The van der Waals surface area contributed by atoms with Gasteiger partial charge in [0.2, 0.25) is 5.91 Å². The van der Waals surface area contributed by atoms with Crippen molar-refractivity contribution in [3.8, 4) is 0 Å². The summed E-state index contributed by atoms with van der Waals surface area (Å²) in [6, 6.07) is 2.00. The van der Waals surface area contributed by atoms with Crippen LogP contribution in [0.15, 0.2) is 6.07 Å². The number of likely N-dealkylation sites (N-methyl/N-ethyl adjacent to an activating group) is 1. The molecule has 0 saturated carbocycles. The minimum Gasteiger partial charge on any atom is -0.349 e. The van der Waals surface area contributed by atoms with E-state index in [1.165, 1.54) is 11.3 Å². The van der Waals surface area contributed by atoms with E-state index in [1.807, 2.05) is 29.7 Å². The van der Waals surface area contributed by atoms with E-state index in [1.54, 1.807) is 11.3 Å². The van der Waals surface area contributed by atoms with Gasteiger partial charge < -0.3 is 14.7 Å². The molecule has 0 unspecified atom stereocenters. The molecule has 3 heterocycles. The maximum atomic E-state index is 13.1. The molecule has 1 saturated heterocycles. The van der Waals surface area contributed by atoms with Crippen molar-refractivity contribution in [2.24, 2.45) is 0 Å². The van der Waals surface area contributed by atoms with Crippen LogP contribution in [0.2, 0.25) is 0 Å². The zero-order valence-corrected chi connectivity index (χ0v) is 20.2. The van der Waals surface area contributed by atoms with Gasteiger partial charge in [-0.25, -0.2) is 4.98 Å². The molecule has 0 aliphatic carbocycles. The summed E-state index contributed by atoms with van der Waals surface area (Å²) < 4.78 is 1.09. The van der Waals surface area contributed by atoms with Crippen LogP contribution in [-0.2, 0) is 4.79 Å². The number of amides is 2. The number of thiazole rings is 1. The molecular formula is C21H33N5O2S2. The first kappa shape index (κ1) is 23.0. The molecular weight excluding hydrogens is 418 g/mol. The van der Waals surface area contributed by atoms with Crippen LogP contribution < -0.4 is 4.90 Å². The largest absolute Gasteiger partial charge is 0.349 e. The number of nitrogens with zero attached hydrogens (tertiary/aromatic N) is 5. The van der Waals surface area contributed by atoms with Gasteiger partial charge in [-0.15, -0.1) is 11.3 Å². The molecule has 9 heteroatoms. The summed E-state index contributed by atoms with van der Waals surface area (Å²) in [6.07, 6.45) is 0.890. The van der Waals surface area contributed by atoms with Gasteiger partial charge in [-0.1, -0.05) is 11.3 Å². The van der Waals surface area contributed by atoms with Crippen LogP contribution in [0.25, 0.3) is 9.53 Å². The third-order valence-corrected chi connectivity index (χ3v) is 7.88. The van der Waals surface area contributed by atoms with Crippen LogP contribution in [0.1, 0.15) is 43.8 Å². The smallest absolute Gasteiger partial charge is 0.264 e. The Morgan fingerprint density at radius 2 is 1.73 bits per heavy atom. The lowest BCUT2D eigenvalue weighted by Crippen LogP contribution is -2.42. The number of carbonyl (C=O) groups excluding carboxylic acids is 2. The highest BCUT2D eigenvalue weighted by Gasteiger charge is 2.24. The molecule has 0 radical (unpaired) electrons. The van der Waals surface area contributed by atoms with E-state index in [0.717, 1.165) is 71.8 Å². The number of hydrogen-bond donors (Lipinski definition) is 0. The van der Waals surface area contributed by atoms with Crippen molar-refractivity contribution >= 4 is 49.1 Å². The molecule has 30 heavy (non-hydrogen) atoms. The highest BCUT2D eigenvalue weighted by Crippen LogP contribution is 2.35. The monoisotopic (exact) mass is 451 g/mol. The van der Waals surface area contributed by atoms with Crippen molar-refractivity contribution in [2.45, 2.75) is 34.1 Å². The molecule has 3 rings (SSSR count). The van der Waals surface area contributed by atoms with Gasteiger partial charge in [-0.2, -0.15) is 0 Å². The molecule has 166 valence electrons. The average Bonchev–Trinajstić information content (AvgIpc) is 3.22. The fourth-order valence-electron chi connectivity index (χ4n) is 3.81. The van der Waals surface area contributed by atoms with Crippen molar-refractivity contribution in [3.63, 3.8) is 0 Å². The topological polar surface area (TPSA) is 60.0 Å². The maximum absolute atomic E-state index is 13.1. The van der Waals surface area contributed by atoms with Gasteiger partial charge in [0.15, 0.2) is 5.13 Å². The molecule has 7 nitrogen and oxygen atoms in total. The van der Waals surface area contributed by atoms with Gasteiger partial charge in [0.25, 0.3) is 5.91 Å². The first-order valence-corrected chi connectivity index (χ1v) is 12.6. The summed E-state index contributed by atoms with van der Waals surface area (Å²) >= 11 is 3.16. The quantitative estimate of drug-likeness (QED) is 0.617. The third kappa shape index (κ3) is 5.12. The molecule has 1 aliphatic rings. The predicted octanol–water partition coefficient (Wildman–Crippen LogP) is 3.22. The number of rotatable bonds is 8. The Bertz CT molecular complexity index is 825. The second kappa shape index (κ2) is 10.5. The highest BCUT2D eigenvalue weighted by atomic mass is 32.1. The SMILES string of the molecule is CCN(CC)C(=O)CN1CCCN(C(=O)c2cc3sc(N(CC)CC)nc3s2)CC1. The second-order valence-corrected chi connectivity index (χ2v) is 9.48. The average molecular weight is 452 g/mol. The van der Waals surface area contributed by atoms with Crippen LogP contribution in [0, 0.1) is 0 Å². The number of carbonyl (C=O) groups is 2. The maximum Gasteiger partial charge on any atom is 0.264 e. The van der Waals surface area contributed by atoms with Crippen LogP contribution in [0.4, 0.5) is 5.13 Å². The normalized spacial score (nSPS) is 15.4. The number of hydrogen-bond acceptors (Lipinski definition) is 7. The first-order valence-electron chi connectivity index (χ1n) is 10.9. The van der Waals surface area contributed by atoms with E-state index < -0.39 is 0 Å². The highest BCUT2D eigenvalue weighted by molar-refractivity contribution is 7.29. The Morgan fingerprint density at radius 1 is 1.00 bits per heavy atom. The Labute approximate surface area is 187 Å². The first-order chi connectivity index (χ1) is 14.5. The number of thiophene rings is 1. The number of aromatic nitrogens is 1. The molecule has 1 aliphatic heterocycles. The minimum absolute atomic E-state index is 0.0894. The summed E-state index contributed by atoms with van der Waals surface area (Å²) in [5.41, 5.74) is 0. The lowest BCUT2D eigenvalue weighted by Gasteiger charge is -2.25. The third-order valence-electron chi connectivity index (χ3n) is 5.67. The van der Waals surface area contributed by atoms with Crippen LogP contribution >= 0.6 is 22.7 Å². The fourth-order valence-corrected chi connectivity index (χ4v) is 6.12. The van der Waals surface area contributed by atoms with E-state index in [0.29, 0.717) is 13.1 Å². The van der Waals surface area contributed by atoms with Crippen molar-refractivity contribution in [1.82, 2.24) is 19.7 Å². The van der Waals surface area contributed by atoms with Gasteiger partial charge >= 0.3 is 0 Å². The molecule has 2 aromatic heterocycles. The summed E-state index contributed by atoms with van der Waals surface area (Å²) in [7, 11) is 0. The van der Waals surface area contributed by atoms with E-state index in [9.17, 15) is 9.59 Å². The summed E-state index contributed by atoms with van der Waals surface area (Å²) in [6.45, 7) is 15.1. The van der Waals surface area contributed by atoms with Crippen molar-refractivity contribution in [2.75, 3.05) is 63.8 Å². The van der Waals surface area contributed by atoms with Crippen molar-refractivity contribution in [1.29, 1.82) is 0 Å². The van der Waals surface area contributed by atoms with Gasteiger partial charge in [-0.3, -0.25) is 14.5 Å². The standard InChI is InChI=1S/C21H33N5O2S2/c1-5-24(6-2)18(27)15-23-10-9-11-26(13-12-23)20(28)17-14-16-19(29-17)22-21(30-16)25(7-3)8-4/h14H,5-13,15H2,1-4H3. The van der Waals surface area contributed by atoms with Gasteiger partial charge in [0.1, 0.15) is 4.83 Å². The molecule has 0 atom stereocenters. The van der Waals surface area contributed by atoms with E-state index in [4.69, 9.17) is 4.98 Å². The van der Waals surface area contributed by atoms with E-state index in [2.05, 4.69) is 23.6 Å². The van der Waals surface area contributed by atoms with Crippen LogP contribution in [0.3, 0.4) is 0 Å². The molecule has 2 amide bonds. The Hall–Kier alpha value is -1.71. The van der Waals surface area contributed by atoms with E-state index >= 15 is 0 Å². The molecule has 0 bridgehead atoms. The van der Waals surface area contributed by atoms with Crippen LogP contribution in [0.5, 0.6) is 0 Å². The lowest BCUT2D eigenvalue weighted by molar-refractivity contribution is -0.132. The summed E-state index contributed by atoms with van der Waals surface area (Å²) in [4.78, 5) is 40.2. The Kier molecular flexibility index (Phi) is 8.07. The molecule has 0 N–H and O–H groups in total. The van der Waals surface area contributed by atoms with Crippen LogP contribution in [-0.4, -0.2) is 90.4 Å². The Balaban J connectivity index is 1.62. The fraction of sp³-hybridized carbons (Fsp3) is 0.667.